The Morgan fingerprint density at radius 3 is 2.45 bits per heavy atom. The molecule has 1 saturated carbocycles. The zero-order chi connectivity index (χ0) is 19.4. The first-order valence-corrected chi connectivity index (χ1v) is 10.1. The van der Waals surface area contributed by atoms with Crippen LogP contribution in [0, 0.1) is 0 Å². The van der Waals surface area contributed by atoms with Crippen LogP contribution in [-0.4, -0.2) is 31.7 Å². The third kappa shape index (κ3) is 4.85. The second-order valence-corrected chi connectivity index (χ2v) is 7.86. The highest BCUT2D eigenvalue weighted by molar-refractivity contribution is 5.85. The van der Waals surface area contributed by atoms with Gasteiger partial charge in [-0.1, -0.05) is 49.2 Å². The molecule has 1 aliphatic heterocycles. The maximum Gasteiger partial charge on any atom is 0.237 e. The van der Waals surface area contributed by atoms with Gasteiger partial charge in [-0.05, 0) is 42.5 Å². The summed E-state index contributed by atoms with van der Waals surface area (Å²) in [5.41, 5.74) is 8.39. The van der Waals surface area contributed by atoms with E-state index in [1.165, 1.54) is 18.4 Å². The molecule has 2 aromatic carbocycles. The lowest BCUT2D eigenvalue weighted by molar-refractivity contribution is -0.122. The fraction of sp³-hybridized carbons (Fsp3) is 0.435. The number of benzene rings is 2. The topological polar surface area (TPSA) is 73.6 Å². The first-order chi connectivity index (χ1) is 13.7. The van der Waals surface area contributed by atoms with Crippen molar-refractivity contribution in [1.82, 2.24) is 5.32 Å². The minimum Gasteiger partial charge on any atom is -0.486 e. The van der Waals surface area contributed by atoms with Crippen molar-refractivity contribution in [2.75, 3.05) is 19.8 Å². The van der Waals surface area contributed by atoms with Crippen LogP contribution in [0.5, 0.6) is 11.5 Å². The van der Waals surface area contributed by atoms with Crippen molar-refractivity contribution in [1.29, 1.82) is 0 Å². The van der Waals surface area contributed by atoms with Gasteiger partial charge in [0.2, 0.25) is 5.91 Å². The lowest BCUT2D eigenvalue weighted by Gasteiger charge is -2.31. The molecule has 0 bridgehead atoms. The number of hydrogen-bond acceptors (Lipinski definition) is 4. The van der Waals surface area contributed by atoms with Gasteiger partial charge in [0.05, 0.1) is 6.04 Å². The Balaban J connectivity index is 0.00000240. The summed E-state index contributed by atoms with van der Waals surface area (Å²) in [7, 11) is 0. The van der Waals surface area contributed by atoms with Crippen LogP contribution >= 0.6 is 12.4 Å². The van der Waals surface area contributed by atoms with E-state index in [4.69, 9.17) is 15.2 Å². The summed E-state index contributed by atoms with van der Waals surface area (Å²) in [6.07, 6.45) is 4.99. The number of fused-ring (bicyclic) bond motifs is 1. The predicted octanol–water partition coefficient (Wildman–Crippen LogP) is 3.38. The molecule has 156 valence electrons. The normalized spacial score (nSPS) is 17.8. The average Bonchev–Trinajstić information content (AvgIpc) is 3.22. The summed E-state index contributed by atoms with van der Waals surface area (Å²) in [5.74, 6) is 1.52. The first-order valence-electron chi connectivity index (χ1n) is 10.1. The Labute approximate surface area is 178 Å². The molecule has 0 unspecified atom stereocenters. The van der Waals surface area contributed by atoms with Crippen molar-refractivity contribution in [3.05, 3.63) is 59.7 Å². The minimum atomic E-state index is -0.541. The van der Waals surface area contributed by atoms with E-state index in [9.17, 15) is 4.79 Å². The van der Waals surface area contributed by atoms with Crippen molar-refractivity contribution in [2.24, 2.45) is 5.73 Å². The number of hydrogen-bond donors (Lipinski definition) is 2. The minimum absolute atomic E-state index is 0. The summed E-state index contributed by atoms with van der Waals surface area (Å²) in [4.78, 5) is 12.6. The van der Waals surface area contributed by atoms with Gasteiger partial charge in [0.15, 0.2) is 11.5 Å². The van der Waals surface area contributed by atoms with E-state index in [-0.39, 0.29) is 23.7 Å². The molecule has 0 aromatic heterocycles. The van der Waals surface area contributed by atoms with Crippen LogP contribution in [0.4, 0.5) is 0 Å². The van der Waals surface area contributed by atoms with Crippen molar-refractivity contribution in [3.8, 4) is 11.5 Å². The van der Waals surface area contributed by atoms with E-state index in [1.54, 1.807) is 0 Å². The molecule has 4 rings (SSSR count). The lowest BCUT2D eigenvalue weighted by atomic mass is 9.78. The Hall–Kier alpha value is -2.24. The van der Waals surface area contributed by atoms with E-state index in [1.807, 2.05) is 36.4 Å². The molecule has 29 heavy (non-hydrogen) atoms. The first kappa shape index (κ1) is 21.5. The number of nitrogens with two attached hydrogens (primary N) is 1. The Morgan fingerprint density at radius 2 is 1.72 bits per heavy atom. The average molecular weight is 417 g/mol. The molecule has 1 atom stereocenters. The number of amides is 1. The van der Waals surface area contributed by atoms with Crippen molar-refractivity contribution in [3.63, 3.8) is 0 Å². The molecule has 2 aromatic rings. The molecule has 6 heteroatoms. The van der Waals surface area contributed by atoms with E-state index >= 15 is 0 Å². The molecule has 5 nitrogen and oxygen atoms in total. The molecule has 0 saturated heterocycles. The van der Waals surface area contributed by atoms with Crippen LogP contribution in [0.25, 0.3) is 0 Å². The highest BCUT2D eigenvalue weighted by Gasteiger charge is 2.37. The zero-order valence-electron chi connectivity index (χ0n) is 16.6. The molecule has 3 N–H and O–H groups in total. The fourth-order valence-corrected chi connectivity index (χ4v) is 4.34. The van der Waals surface area contributed by atoms with Crippen LogP contribution in [0.2, 0.25) is 0 Å². The summed E-state index contributed by atoms with van der Waals surface area (Å²) in [5, 5.41) is 3.13. The monoisotopic (exact) mass is 416 g/mol. The van der Waals surface area contributed by atoms with Crippen LogP contribution in [0.1, 0.15) is 36.8 Å². The second kappa shape index (κ2) is 9.51. The lowest BCUT2D eigenvalue weighted by Crippen LogP contribution is -2.47. The van der Waals surface area contributed by atoms with Gasteiger partial charge in [-0.15, -0.1) is 12.4 Å². The van der Waals surface area contributed by atoms with Crippen LogP contribution in [0.15, 0.2) is 48.5 Å². The molecule has 1 amide bonds. The second-order valence-electron chi connectivity index (χ2n) is 7.86. The van der Waals surface area contributed by atoms with Crippen LogP contribution < -0.4 is 20.5 Å². The van der Waals surface area contributed by atoms with E-state index in [2.05, 4.69) is 17.4 Å². The van der Waals surface area contributed by atoms with Crippen LogP contribution in [-0.2, 0) is 16.6 Å². The number of halogens is 1. The molecule has 2 aliphatic rings. The zero-order valence-corrected chi connectivity index (χ0v) is 17.4. The standard InChI is InChI=1S/C23H28N2O3.ClH/c24-19(14-17-6-2-1-3-7-17)22(26)25-16-23(10-4-5-11-23)18-8-9-20-21(15-18)28-13-12-27-20;/h1-3,6-9,15,19H,4-5,10-14,16,24H2,(H,25,26);1H/t19-;/m0./s1. The van der Waals surface area contributed by atoms with Crippen molar-refractivity contribution in [2.45, 2.75) is 43.6 Å². The molecular formula is C23H29ClN2O3. The quantitative estimate of drug-likeness (QED) is 0.757. The number of rotatable bonds is 6. The van der Waals surface area contributed by atoms with Gasteiger partial charge < -0.3 is 20.5 Å². The maximum atomic E-state index is 12.6. The largest absolute Gasteiger partial charge is 0.486 e. The SMILES string of the molecule is Cl.N[C@@H](Cc1ccccc1)C(=O)NCC1(c2ccc3c(c2)OCCO3)CCCC1. The Morgan fingerprint density at radius 1 is 1.03 bits per heavy atom. The summed E-state index contributed by atoms with van der Waals surface area (Å²) in [6.45, 7) is 1.77. The van der Waals surface area contributed by atoms with Crippen molar-refractivity contribution < 1.29 is 14.3 Å². The molecule has 1 aliphatic carbocycles. The highest BCUT2D eigenvalue weighted by atomic mass is 35.5. The number of carbonyl (C=O) groups is 1. The summed E-state index contributed by atoms with van der Waals surface area (Å²) in [6, 6.07) is 15.6. The number of ether oxygens (including phenoxy) is 2. The smallest absolute Gasteiger partial charge is 0.237 e. The molecule has 0 spiro atoms. The molecule has 0 radical (unpaired) electrons. The summed E-state index contributed by atoms with van der Waals surface area (Å²) >= 11 is 0. The van der Waals surface area contributed by atoms with Gasteiger partial charge in [-0.2, -0.15) is 0 Å². The van der Waals surface area contributed by atoms with E-state index in [0.29, 0.717) is 26.2 Å². The van der Waals surface area contributed by atoms with Gasteiger partial charge in [0.1, 0.15) is 13.2 Å². The maximum absolute atomic E-state index is 12.6. The fourth-order valence-electron chi connectivity index (χ4n) is 4.34. The molecule has 1 heterocycles. The Kier molecular flexibility index (Phi) is 7.04. The predicted molar refractivity (Wildman–Crippen MR) is 116 cm³/mol. The third-order valence-electron chi connectivity index (χ3n) is 5.95. The van der Waals surface area contributed by atoms with Crippen molar-refractivity contribution >= 4 is 18.3 Å². The van der Waals surface area contributed by atoms with E-state index < -0.39 is 6.04 Å². The third-order valence-corrected chi connectivity index (χ3v) is 5.95. The number of carbonyl (C=O) groups excluding carboxylic acids is 1. The van der Waals surface area contributed by atoms with Gasteiger partial charge in [-0.3, -0.25) is 4.79 Å². The van der Waals surface area contributed by atoms with Gasteiger partial charge in [0.25, 0.3) is 0 Å². The van der Waals surface area contributed by atoms with Gasteiger partial charge in [-0.25, -0.2) is 0 Å². The molecule has 1 fully saturated rings. The number of nitrogens with one attached hydrogen (secondary N) is 1. The highest BCUT2D eigenvalue weighted by Crippen LogP contribution is 2.43. The summed E-state index contributed by atoms with van der Waals surface area (Å²) < 4.78 is 11.4. The van der Waals surface area contributed by atoms with Gasteiger partial charge in [0, 0.05) is 12.0 Å². The molecular weight excluding hydrogens is 388 g/mol. The Bertz CT molecular complexity index is 822. The van der Waals surface area contributed by atoms with E-state index in [0.717, 1.165) is 29.9 Å². The van der Waals surface area contributed by atoms with Crippen LogP contribution in [0.3, 0.4) is 0 Å². The van der Waals surface area contributed by atoms with Gasteiger partial charge >= 0.3 is 0 Å².